The molecule has 1 aromatic rings. The second-order valence-corrected chi connectivity index (χ2v) is 6.32. The van der Waals surface area contributed by atoms with Gasteiger partial charge in [0.05, 0.1) is 11.3 Å². The quantitative estimate of drug-likeness (QED) is 0.486. The minimum Gasteiger partial charge on any atom is -0.480 e. The maximum atomic E-state index is 12.6. The van der Waals surface area contributed by atoms with Crippen LogP contribution in [0.5, 0.6) is 0 Å². The summed E-state index contributed by atoms with van der Waals surface area (Å²) in [6.07, 6.45) is 0.474. The van der Waals surface area contributed by atoms with E-state index in [0.29, 0.717) is 17.3 Å². The zero-order valence-corrected chi connectivity index (χ0v) is 13.5. The molecule has 0 fully saturated rings. The molecule has 1 aromatic carbocycles. The van der Waals surface area contributed by atoms with Crippen molar-refractivity contribution in [2.45, 2.75) is 38.8 Å². The Morgan fingerprint density at radius 1 is 1.23 bits per heavy atom. The average molecular weight is 324 g/mol. The minimum atomic E-state index is -1.16. The van der Waals surface area contributed by atoms with E-state index in [2.05, 4.69) is 0 Å². The molecule has 1 rings (SSSR count). The van der Waals surface area contributed by atoms with E-state index in [1.807, 2.05) is 13.8 Å². The van der Waals surface area contributed by atoms with Crippen molar-refractivity contribution < 1.29 is 19.3 Å². The molecular weight excluding hydrogens is 303 g/mol. The number of hydrogen-bond donors (Lipinski definition) is 3. The Bertz CT molecular complexity index is 575. The molecule has 22 heavy (non-hydrogen) atoms. The maximum absolute atomic E-state index is 12.6. The van der Waals surface area contributed by atoms with Gasteiger partial charge >= 0.3 is 5.97 Å². The second-order valence-electron chi connectivity index (χ2n) is 5.65. The van der Waals surface area contributed by atoms with Crippen LogP contribution >= 0.6 is 8.46 Å². The van der Waals surface area contributed by atoms with Gasteiger partial charge in [0.25, 0.3) is 0 Å². The smallest absolute Gasteiger partial charge is 0.320 e. The van der Waals surface area contributed by atoms with E-state index in [-0.39, 0.29) is 32.1 Å². The average Bonchev–Trinajstić information content (AvgIpc) is 2.45. The lowest BCUT2D eigenvalue weighted by Gasteiger charge is -2.17. The predicted octanol–water partition coefficient (Wildman–Crippen LogP) is 1.11. The van der Waals surface area contributed by atoms with Crippen LogP contribution in [0, 0.1) is 5.92 Å². The van der Waals surface area contributed by atoms with Crippen molar-refractivity contribution in [1.82, 2.24) is 0 Å². The fourth-order valence-corrected chi connectivity index (χ4v) is 2.73. The molecule has 0 bridgehead atoms. The normalized spacial score (nSPS) is 14.0. The molecule has 0 spiro atoms. The molecule has 0 aromatic heterocycles. The molecule has 0 amide bonds. The van der Waals surface area contributed by atoms with Crippen molar-refractivity contribution >= 4 is 25.5 Å². The summed E-state index contributed by atoms with van der Waals surface area (Å²) < 4.78 is 11.3. The Morgan fingerprint density at radius 3 is 2.36 bits per heavy atom. The number of carbonyl (C=O) groups excluding carboxylic acids is 1. The Kier molecular flexibility index (Phi) is 6.81. The first-order chi connectivity index (χ1) is 10.3. The summed E-state index contributed by atoms with van der Waals surface area (Å²) in [5.74, 6) is -1.25. The number of hydrogen-bond acceptors (Lipinski definition) is 5. The van der Waals surface area contributed by atoms with Gasteiger partial charge in [0.1, 0.15) is 6.04 Å². The minimum absolute atomic E-state index is 0.0197. The Morgan fingerprint density at radius 2 is 1.86 bits per heavy atom. The Labute approximate surface area is 131 Å². The molecule has 0 radical (unpaired) electrons. The van der Waals surface area contributed by atoms with Gasteiger partial charge in [-0.15, -0.1) is 0 Å². The van der Waals surface area contributed by atoms with Crippen LogP contribution in [0.2, 0.25) is 0 Å². The molecule has 0 saturated carbocycles. The molecule has 7 heteroatoms. The number of nitrogens with two attached hydrogens (primary N) is 2. The van der Waals surface area contributed by atoms with Crippen molar-refractivity contribution in [3.63, 3.8) is 0 Å². The maximum Gasteiger partial charge on any atom is 0.320 e. The Hall–Kier alpha value is -1.62. The highest BCUT2D eigenvalue weighted by Gasteiger charge is 2.25. The van der Waals surface area contributed by atoms with E-state index in [9.17, 15) is 14.2 Å². The largest absolute Gasteiger partial charge is 0.480 e. The molecule has 120 valence electrons. The van der Waals surface area contributed by atoms with Crippen molar-refractivity contribution in [3.05, 3.63) is 29.3 Å². The van der Waals surface area contributed by atoms with Crippen LogP contribution in [0.25, 0.3) is 0 Å². The number of benzene rings is 1. The lowest BCUT2D eigenvalue weighted by Crippen LogP contribution is -2.37. The lowest BCUT2D eigenvalue weighted by molar-refractivity contribution is -0.138. The molecule has 0 saturated heterocycles. The fourth-order valence-electron chi connectivity index (χ4n) is 2.24. The summed E-state index contributed by atoms with van der Waals surface area (Å²) in [7, 11) is -0.311. The summed E-state index contributed by atoms with van der Waals surface area (Å²) in [5.41, 5.74) is 12.2. The molecular formula is C15H21N2O4P. The van der Waals surface area contributed by atoms with Crippen molar-refractivity contribution in [3.8, 4) is 0 Å². The first kappa shape index (κ1) is 18.4. The number of aliphatic carboxylic acids is 1. The van der Waals surface area contributed by atoms with Gasteiger partial charge in [-0.25, -0.2) is 0 Å². The molecule has 2 unspecified atom stereocenters. The van der Waals surface area contributed by atoms with Crippen LogP contribution in [0.1, 0.15) is 36.2 Å². The van der Waals surface area contributed by atoms with E-state index in [1.165, 1.54) is 0 Å². The number of Topliss-reactive ketones (excluding diaryl/α,β-unsaturated/α-hetero) is 1. The van der Waals surface area contributed by atoms with Crippen LogP contribution in [-0.4, -0.2) is 28.9 Å². The van der Waals surface area contributed by atoms with Gasteiger partial charge in [0, 0.05) is 5.56 Å². The third-order valence-corrected chi connectivity index (χ3v) is 3.86. The second kappa shape index (κ2) is 8.13. The van der Waals surface area contributed by atoms with E-state index in [1.54, 1.807) is 18.2 Å². The van der Waals surface area contributed by atoms with Crippen molar-refractivity contribution in [2.24, 2.45) is 17.4 Å². The van der Waals surface area contributed by atoms with E-state index in [4.69, 9.17) is 16.6 Å². The predicted molar refractivity (Wildman–Crippen MR) is 84.8 cm³/mol. The molecule has 6 nitrogen and oxygen atoms in total. The highest BCUT2D eigenvalue weighted by molar-refractivity contribution is 7.34. The van der Waals surface area contributed by atoms with Gasteiger partial charge < -0.3 is 16.6 Å². The number of carbonyl (C=O) groups is 2. The van der Waals surface area contributed by atoms with Crippen molar-refractivity contribution in [2.75, 3.05) is 0 Å². The van der Waals surface area contributed by atoms with Gasteiger partial charge in [-0.2, -0.15) is 0 Å². The summed E-state index contributed by atoms with van der Waals surface area (Å²) in [5, 5.41) is 9.23. The molecule has 5 N–H and O–H groups in total. The lowest BCUT2D eigenvalue weighted by atomic mass is 9.91. The fraction of sp³-hybridized carbons (Fsp3) is 0.467. The number of carboxylic acids is 1. The SMILES string of the molecule is CC(C)CC(N)C(=O)c1c(CC(N)C(=O)O)cccc1P=O. The summed E-state index contributed by atoms with van der Waals surface area (Å²) in [6.45, 7) is 3.90. The summed E-state index contributed by atoms with van der Waals surface area (Å²) in [4.78, 5) is 23.5. The third-order valence-electron chi connectivity index (χ3n) is 3.29. The molecule has 0 aliphatic rings. The van der Waals surface area contributed by atoms with Crippen LogP contribution in [0.3, 0.4) is 0 Å². The standard InChI is InChI=1S/C15H21N2O4P/c1-8(2)6-10(16)14(18)13-9(7-11(17)15(19)20)4-3-5-12(13)22-21/h3-5,8,10-11H,6-7,16-17H2,1-2H3,(H,19,20). The number of ketones is 1. The highest BCUT2D eigenvalue weighted by Crippen LogP contribution is 2.17. The molecule has 0 aliphatic carbocycles. The van der Waals surface area contributed by atoms with Crippen LogP contribution < -0.4 is 16.8 Å². The van der Waals surface area contributed by atoms with E-state index < -0.39 is 18.1 Å². The van der Waals surface area contributed by atoms with Gasteiger partial charge in [-0.3, -0.25) is 14.2 Å². The van der Waals surface area contributed by atoms with Crippen LogP contribution in [0.15, 0.2) is 18.2 Å². The molecule has 0 aliphatic heterocycles. The number of carboxylic acid groups (broad SMARTS) is 1. The molecule has 0 heterocycles. The summed E-state index contributed by atoms with van der Waals surface area (Å²) in [6, 6.07) is 2.94. The van der Waals surface area contributed by atoms with Gasteiger partial charge in [0.15, 0.2) is 14.2 Å². The first-order valence-electron chi connectivity index (χ1n) is 7.01. The zero-order chi connectivity index (χ0) is 16.9. The Balaban J connectivity index is 3.22. The topological polar surface area (TPSA) is 123 Å². The molecule has 2 atom stereocenters. The van der Waals surface area contributed by atoms with E-state index >= 15 is 0 Å². The van der Waals surface area contributed by atoms with Crippen LogP contribution in [0.4, 0.5) is 0 Å². The van der Waals surface area contributed by atoms with E-state index in [0.717, 1.165) is 0 Å². The summed E-state index contributed by atoms with van der Waals surface area (Å²) >= 11 is 0. The highest BCUT2D eigenvalue weighted by atomic mass is 31.1. The third kappa shape index (κ3) is 4.70. The number of rotatable bonds is 8. The monoisotopic (exact) mass is 324 g/mol. The van der Waals surface area contributed by atoms with Gasteiger partial charge in [0.2, 0.25) is 0 Å². The van der Waals surface area contributed by atoms with Gasteiger partial charge in [-0.05, 0) is 30.4 Å². The van der Waals surface area contributed by atoms with Crippen molar-refractivity contribution in [1.29, 1.82) is 0 Å². The first-order valence-corrected chi connectivity index (χ1v) is 7.82. The van der Waals surface area contributed by atoms with Crippen LogP contribution in [-0.2, 0) is 15.8 Å². The van der Waals surface area contributed by atoms with Gasteiger partial charge in [-0.1, -0.05) is 26.0 Å². The zero-order valence-electron chi connectivity index (χ0n) is 12.7.